The average molecular weight is 383 g/mol. The van der Waals surface area contributed by atoms with Crippen LogP contribution >= 0.6 is 0 Å². The van der Waals surface area contributed by atoms with E-state index in [1.807, 2.05) is 19.0 Å². The summed E-state index contributed by atoms with van der Waals surface area (Å²) in [5.74, 6) is 0.473. The molecule has 0 unspecified atom stereocenters. The van der Waals surface area contributed by atoms with Crippen LogP contribution in [0.4, 0.5) is 11.6 Å². The number of rotatable bonds is 6. The van der Waals surface area contributed by atoms with Crippen LogP contribution in [0.3, 0.4) is 0 Å². The summed E-state index contributed by atoms with van der Waals surface area (Å²) in [7, 11) is 3.96. The second-order valence-electron chi connectivity index (χ2n) is 7.49. The van der Waals surface area contributed by atoms with Gasteiger partial charge in [-0.15, -0.1) is 0 Å². The number of hydrogen-bond donors (Lipinski definition) is 1. The van der Waals surface area contributed by atoms with Crippen LogP contribution in [0, 0.1) is 13.8 Å². The van der Waals surface area contributed by atoms with Crippen molar-refractivity contribution >= 4 is 17.5 Å². The highest BCUT2D eigenvalue weighted by molar-refractivity contribution is 5.92. The van der Waals surface area contributed by atoms with E-state index < -0.39 is 0 Å². The van der Waals surface area contributed by atoms with Crippen molar-refractivity contribution in [3.63, 3.8) is 0 Å². The fraction of sp³-hybridized carbons (Fsp3) is 0.476. The van der Waals surface area contributed by atoms with Crippen LogP contribution in [0.15, 0.2) is 30.5 Å². The van der Waals surface area contributed by atoms with Crippen molar-refractivity contribution in [2.24, 2.45) is 0 Å². The molecule has 1 aromatic heterocycles. The third-order valence-electron chi connectivity index (χ3n) is 5.20. The van der Waals surface area contributed by atoms with Gasteiger partial charge in [0.2, 0.25) is 5.95 Å². The highest BCUT2D eigenvalue weighted by Gasteiger charge is 2.21. The van der Waals surface area contributed by atoms with E-state index >= 15 is 0 Å². The van der Waals surface area contributed by atoms with E-state index in [2.05, 4.69) is 57.1 Å². The third kappa shape index (κ3) is 4.78. The normalized spacial score (nSPS) is 14.5. The number of amides is 1. The predicted molar refractivity (Wildman–Crippen MR) is 113 cm³/mol. The van der Waals surface area contributed by atoms with Gasteiger partial charge in [0.05, 0.1) is 0 Å². The smallest absolute Gasteiger partial charge is 0.270 e. The Hall–Kier alpha value is -2.67. The van der Waals surface area contributed by atoms with E-state index in [-0.39, 0.29) is 5.91 Å². The molecular formula is C21H30N6O. The van der Waals surface area contributed by atoms with Gasteiger partial charge in [-0.2, -0.15) is 0 Å². The second-order valence-corrected chi connectivity index (χ2v) is 7.49. The summed E-state index contributed by atoms with van der Waals surface area (Å²) in [5.41, 5.74) is 4.37. The van der Waals surface area contributed by atoms with Crippen LogP contribution in [-0.4, -0.2) is 74.1 Å². The molecule has 1 amide bonds. The van der Waals surface area contributed by atoms with E-state index in [9.17, 15) is 4.79 Å². The number of benzene rings is 1. The fourth-order valence-electron chi connectivity index (χ4n) is 3.34. The summed E-state index contributed by atoms with van der Waals surface area (Å²) in [4.78, 5) is 27.8. The van der Waals surface area contributed by atoms with Gasteiger partial charge in [0, 0.05) is 51.2 Å². The Morgan fingerprint density at radius 2 is 1.82 bits per heavy atom. The van der Waals surface area contributed by atoms with Gasteiger partial charge in [0.25, 0.3) is 5.91 Å². The highest BCUT2D eigenvalue weighted by atomic mass is 16.1. The molecule has 1 aromatic carbocycles. The molecule has 0 spiro atoms. The molecular weight excluding hydrogens is 352 g/mol. The number of aryl methyl sites for hydroxylation is 1. The van der Waals surface area contributed by atoms with Gasteiger partial charge in [-0.3, -0.25) is 4.79 Å². The largest absolute Gasteiger partial charge is 0.368 e. The molecule has 0 atom stereocenters. The molecule has 3 rings (SSSR count). The number of hydrogen-bond acceptors (Lipinski definition) is 6. The van der Waals surface area contributed by atoms with Crippen molar-refractivity contribution in [3.8, 4) is 0 Å². The summed E-state index contributed by atoms with van der Waals surface area (Å²) in [6, 6.07) is 8.12. The molecule has 28 heavy (non-hydrogen) atoms. The van der Waals surface area contributed by atoms with Gasteiger partial charge in [-0.05, 0) is 51.2 Å². The first-order valence-corrected chi connectivity index (χ1v) is 9.78. The lowest BCUT2D eigenvalue weighted by molar-refractivity contribution is 0.0946. The number of nitrogens with one attached hydrogen (secondary N) is 1. The molecule has 7 heteroatoms. The average Bonchev–Trinajstić information content (AvgIpc) is 2.70. The summed E-state index contributed by atoms with van der Waals surface area (Å²) in [6.07, 6.45) is 1.67. The monoisotopic (exact) mass is 382 g/mol. The Morgan fingerprint density at radius 1 is 1.11 bits per heavy atom. The number of piperazine rings is 1. The van der Waals surface area contributed by atoms with Gasteiger partial charge in [-0.1, -0.05) is 12.1 Å². The summed E-state index contributed by atoms with van der Waals surface area (Å²) < 4.78 is 0. The van der Waals surface area contributed by atoms with Crippen molar-refractivity contribution in [3.05, 3.63) is 47.3 Å². The maximum atomic E-state index is 12.3. The first-order chi connectivity index (χ1) is 13.5. The van der Waals surface area contributed by atoms with Crippen LogP contribution < -0.4 is 15.1 Å². The minimum Gasteiger partial charge on any atom is -0.368 e. The van der Waals surface area contributed by atoms with Gasteiger partial charge < -0.3 is 20.0 Å². The number of aromatic nitrogens is 2. The molecule has 1 fully saturated rings. The van der Waals surface area contributed by atoms with Gasteiger partial charge in [0.1, 0.15) is 5.69 Å². The van der Waals surface area contributed by atoms with Gasteiger partial charge in [0.15, 0.2) is 0 Å². The minimum atomic E-state index is -0.153. The number of carbonyl (C=O) groups excluding carboxylic acids is 1. The minimum absolute atomic E-state index is 0.153. The molecule has 0 radical (unpaired) electrons. The zero-order valence-electron chi connectivity index (χ0n) is 17.3. The Morgan fingerprint density at radius 3 is 2.54 bits per heavy atom. The van der Waals surface area contributed by atoms with Crippen molar-refractivity contribution in [2.75, 3.05) is 63.2 Å². The van der Waals surface area contributed by atoms with E-state index in [0.717, 1.165) is 32.7 Å². The van der Waals surface area contributed by atoms with Crippen LogP contribution in [0.25, 0.3) is 0 Å². The van der Waals surface area contributed by atoms with Crippen LogP contribution in [-0.2, 0) is 0 Å². The lowest BCUT2D eigenvalue weighted by Crippen LogP contribution is -2.47. The lowest BCUT2D eigenvalue weighted by atomic mass is 10.1. The first kappa shape index (κ1) is 20.1. The van der Waals surface area contributed by atoms with Crippen LogP contribution in [0.5, 0.6) is 0 Å². The number of likely N-dealkylation sites (N-methyl/N-ethyl adjacent to an activating group) is 1. The maximum Gasteiger partial charge on any atom is 0.270 e. The molecule has 1 N–H and O–H groups in total. The standard InChI is InChI=1S/C21H30N6O/c1-16-6-5-7-19(17(16)2)26-12-14-27(15-13-26)21-23-9-8-18(24-21)20(28)22-10-11-25(3)4/h5-9H,10-15H2,1-4H3,(H,22,28). The summed E-state index contributed by atoms with van der Waals surface area (Å²) >= 11 is 0. The molecule has 1 aliphatic rings. The second kappa shape index (κ2) is 9.01. The zero-order chi connectivity index (χ0) is 20.1. The van der Waals surface area contributed by atoms with E-state index in [1.54, 1.807) is 12.3 Å². The lowest BCUT2D eigenvalue weighted by Gasteiger charge is -2.37. The van der Waals surface area contributed by atoms with Crippen molar-refractivity contribution in [1.29, 1.82) is 0 Å². The predicted octanol–water partition coefficient (Wildman–Crippen LogP) is 1.71. The Bertz CT molecular complexity index is 814. The molecule has 0 aliphatic carbocycles. The van der Waals surface area contributed by atoms with E-state index in [0.29, 0.717) is 18.2 Å². The fourth-order valence-corrected chi connectivity index (χ4v) is 3.34. The molecule has 150 valence electrons. The van der Waals surface area contributed by atoms with E-state index in [4.69, 9.17) is 0 Å². The summed E-state index contributed by atoms with van der Waals surface area (Å²) in [6.45, 7) is 9.21. The van der Waals surface area contributed by atoms with Crippen molar-refractivity contribution in [1.82, 2.24) is 20.2 Å². The Labute approximate surface area is 167 Å². The quantitative estimate of drug-likeness (QED) is 0.821. The Kier molecular flexibility index (Phi) is 6.46. The summed E-state index contributed by atoms with van der Waals surface area (Å²) in [5, 5.41) is 2.90. The first-order valence-electron chi connectivity index (χ1n) is 9.78. The van der Waals surface area contributed by atoms with Gasteiger partial charge >= 0.3 is 0 Å². The number of carbonyl (C=O) groups is 1. The number of nitrogens with zero attached hydrogens (tertiary/aromatic N) is 5. The SMILES string of the molecule is Cc1cccc(N2CCN(c3nccc(C(=O)NCCN(C)C)n3)CC2)c1C. The maximum absolute atomic E-state index is 12.3. The molecule has 1 aliphatic heterocycles. The van der Waals surface area contributed by atoms with Crippen molar-refractivity contribution in [2.45, 2.75) is 13.8 Å². The Balaban J connectivity index is 1.61. The third-order valence-corrected chi connectivity index (χ3v) is 5.20. The molecule has 1 saturated heterocycles. The van der Waals surface area contributed by atoms with E-state index in [1.165, 1.54) is 16.8 Å². The van der Waals surface area contributed by atoms with Crippen LogP contribution in [0.1, 0.15) is 21.6 Å². The highest BCUT2D eigenvalue weighted by Crippen LogP contribution is 2.24. The molecule has 0 bridgehead atoms. The van der Waals surface area contributed by atoms with Gasteiger partial charge in [-0.25, -0.2) is 9.97 Å². The van der Waals surface area contributed by atoms with Crippen molar-refractivity contribution < 1.29 is 4.79 Å². The zero-order valence-corrected chi connectivity index (χ0v) is 17.3. The molecule has 7 nitrogen and oxygen atoms in total. The topological polar surface area (TPSA) is 64.6 Å². The molecule has 2 aromatic rings. The molecule has 0 saturated carbocycles. The van der Waals surface area contributed by atoms with Crippen LogP contribution in [0.2, 0.25) is 0 Å². The molecule has 2 heterocycles. The number of anilines is 2.